The third kappa shape index (κ3) is 3.52. The molecule has 2 aromatic rings. The minimum absolute atomic E-state index is 0.135. The molecule has 0 aliphatic rings. The summed E-state index contributed by atoms with van der Waals surface area (Å²) in [6.07, 6.45) is 0.395. The van der Waals surface area contributed by atoms with Gasteiger partial charge in [-0.3, -0.25) is 0 Å². The van der Waals surface area contributed by atoms with E-state index in [1.54, 1.807) is 18.2 Å². The van der Waals surface area contributed by atoms with Crippen LogP contribution in [0.1, 0.15) is 17.0 Å². The zero-order chi connectivity index (χ0) is 13.8. The first-order chi connectivity index (χ1) is 9.10. The van der Waals surface area contributed by atoms with E-state index < -0.39 is 0 Å². The Labute approximate surface area is 116 Å². The molecule has 0 spiro atoms. The quantitative estimate of drug-likeness (QED) is 0.904. The summed E-state index contributed by atoms with van der Waals surface area (Å²) in [5.74, 6) is -0.773. The third-order valence-electron chi connectivity index (χ3n) is 3.08. The first kappa shape index (κ1) is 14.0. The monoisotopic (exact) mass is 281 g/mol. The van der Waals surface area contributed by atoms with Gasteiger partial charge in [0.1, 0.15) is 11.6 Å². The van der Waals surface area contributed by atoms with Gasteiger partial charge in [-0.25, -0.2) is 8.78 Å². The summed E-state index contributed by atoms with van der Waals surface area (Å²) < 4.78 is 26.9. The SMILES string of the molecule is NCC(Cc1cc(Cl)ccc1F)c1cccc(F)c1. The Balaban J connectivity index is 2.26. The van der Waals surface area contributed by atoms with Crippen LogP contribution < -0.4 is 5.73 Å². The molecule has 0 amide bonds. The summed E-state index contributed by atoms with van der Waals surface area (Å²) in [4.78, 5) is 0. The Hall–Kier alpha value is -1.45. The highest BCUT2D eigenvalue weighted by Gasteiger charge is 2.14. The third-order valence-corrected chi connectivity index (χ3v) is 3.31. The van der Waals surface area contributed by atoms with Gasteiger partial charge in [0.15, 0.2) is 0 Å². The molecular formula is C15H14ClF2N. The lowest BCUT2D eigenvalue weighted by molar-refractivity contribution is 0.586. The minimum atomic E-state index is -0.320. The summed E-state index contributed by atoms with van der Waals surface area (Å²) in [5.41, 5.74) is 6.97. The van der Waals surface area contributed by atoms with Crippen molar-refractivity contribution < 1.29 is 8.78 Å². The Morgan fingerprint density at radius 3 is 2.58 bits per heavy atom. The second kappa shape index (κ2) is 6.13. The number of hydrogen-bond acceptors (Lipinski definition) is 1. The molecule has 2 aromatic carbocycles. The topological polar surface area (TPSA) is 26.0 Å². The molecule has 19 heavy (non-hydrogen) atoms. The van der Waals surface area contributed by atoms with E-state index in [2.05, 4.69) is 0 Å². The van der Waals surface area contributed by atoms with Gasteiger partial charge in [-0.15, -0.1) is 0 Å². The lowest BCUT2D eigenvalue weighted by atomic mass is 9.92. The molecule has 0 saturated heterocycles. The van der Waals surface area contributed by atoms with Crippen molar-refractivity contribution in [2.75, 3.05) is 6.54 Å². The van der Waals surface area contributed by atoms with Gasteiger partial charge in [0.05, 0.1) is 0 Å². The van der Waals surface area contributed by atoms with Gasteiger partial charge in [-0.2, -0.15) is 0 Å². The van der Waals surface area contributed by atoms with Gasteiger partial charge in [-0.1, -0.05) is 23.7 Å². The molecule has 1 atom stereocenters. The zero-order valence-electron chi connectivity index (χ0n) is 10.2. The van der Waals surface area contributed by atoms with Crippen LogP contribution in [-0.2, 0) is 6.42 Å². The predicted molar refractivity (Wildman–Crippen MR) is 73.3 cm³/mol. The molecule has 0 bridgehead atoms. The number of rotatable bonds is 4. The van der Waals surface area contributed by atoms with Crippen LogP contribution in [0.15, 0.2) is 42.5 Å². The van der Waals surface area contributed by atoms with Crippen LogP contribution in [0.5, 0.6) is 0 Å². The molecule has 4 heteroatoms. The average Bonchev–Trinajstić information content (AvgIpc) is 2.39. The minimum Gasteiger partial charge on any atom is -0.330 e. The number of nitrogens with two attached hydrogens (primary N) is 1. The first-order valence-electron chi connectivity index (χ1n) is 5.99. The molecule has 0 aliphatic heterocycles. The maximum absolute atomic E-state index is 13.7. The van der Waals surface area contributed by atoms with E-state index in [9.17, 15) is 8.78 Å². The summed E-state index contributed by atoms with van der Waals surface area (Å²) in [6, 6.07) is 10.6. The molecular weight excluding hydrogens is 268 g/mol. The molecule has 0 heterocycles. The van der Waals surface area contributed by atoms with E-state index >= 15 is 0 Å². The van der Waals surface area contributed by atoms with E-state index in [1.165, 1.54) is 24.3 Å². The maximum Gasteiger partial charge on any atom is 0.126 e. The number of benzene rings is 2. The van der Waals surface area contributed by atoms with E-state index in [1.807, 2.05) is 0 Å². The Morgan fingerprint density at radius 2 is 1.89 bits per heavy atom. The van der Waals surface area contributed by atoms with Gasteiger partial charge >= 0.3 is 0 Å². The largest absolute Gasteiger partial charge is 0.330 e. The van der Waals surface area contributed by atoms with E-state index in [0.717, 1.165) is 5.56 Å². The van der Waals surface area contributed by atoms with Crippen LogP contribution in [0.25, 0.3) is 0 Å². The van der Waals surface area contributed by atoms with Crippen LogP contribution in [0.3, 0.4) is 0 Å². The second-order valence-electron chi connectivity index (χ2n) is 4.43. The number of hydrogen-bond donors (Lipinski definition) is 1. The van der Waals surface area contributed by atoms with Crippen LogP contribution >= 0.6 is 11.6 Å². The summed E-state index contributed by atoms with van der Waals surface area (Å²) in [6.45, 7) is 0.315. The van der Waals surface area contributed by atoms with Crippen molar-refractivity contribution in [2.24, 2.45) is 5.73 Å². The first-order valence-corrected chi connectivity index (χ1v) is 6.37. The highest BCUT2D eigenvalue weighted by Crippen LogP contribution is 2.24. The Kier molecular flexibility index (Phi) is 4.51. The smallest absolute Gasteiger partial charge is 0.126 e. The fraction of sp³-hybridized carbons (Fsp3) is 0.200. The van der Waals surface area contributed by atoms with Crippen molar-refractivity contribution in [3.05, 3.63) is 70.2 Å². The van der Waals surface area contributed by atoms with Crippen molar-refractivity contribution in [3.8, 4) is 0 Å². The van der Waals surface area contributed by atoms with Gasteiger partial charge in [0.2, 0.25) is 0 Å². The van der Waals surface area contributed by atoms with Gasteiger partial charge < -0.3 is 5.73 Å². The second-order valence-corrected chi connectivity index (χ2v) is 4.86. The standard InChI is InChI=1S/C15H14ClF2N/c16-13-4-5-15(18)11(7-13)6-12(9-19)10-2-1-3-14(17)8-10/h1-5,7-8,12H,6,9,19H2. The molecule has 0 radical (unpaired) electrons. The Bertz CT molecular complexity index is 572. The van der Waals surface area contributed by atoms with E-state index in [-0.39, 0.29) is 17.6 Å². The molecule has 0 aromatic heterocycles. The molecule has 1 nitrogen and oxygen atoms in total. The molecule has 2 N–H and O–H groups in total. The normalized spacial score (nSPS) is 12.4. The fourth-order valence-electron chi connectivity index (χ4n) is 2.06. The highest BCUT2D eigenvalue weighted by atomic mass is 35.5. The van der Waals surface area contributed by atoms with Crippen molar-refractivity contribution in [2.45, 2.75) is 12.3 Å². The molecule has 2 rings (SSSR count). The van der Waals surface area contributed by atoms with Crippen molar-refractivity contribution in [3.63, 3.8) is 0 Å². The van der Waals surface area contributed by atoms with E-state index in [4.69, 9.17) is 17.3 Å². The molecule has 0 aliphatic carbocycles. The van der Waals surface area contributed by atoms with Crippen molar-refractivity contribution in [1.82, 2.24) is 0 Å². The molecule has 1 unspecified atom stereocenters. The lowest BCUT2D eigenvalue weighted by Gasteiger charge is -2.16. The van der Waals surface area contributed by atoms with Gasteiger partial charge in [-0.05, 0) is 54.4 Å². The van der Waals surface area contributed by atoms with E-state index in [0.29, 0.717) is 23.6 Å². The van der Waals surface area contributed by atoms with Gasteiger partial charge in [0, 0.05) is 10.9 Å². The summed E-state index contributed by atoms with van der Waals surface area (Å²) in [7, 11) is 0. The summed E-state index contributed by atoms with van der Waals surface area (Å²) in [5, 5.41) is 0.478. The lowest BCUT2D eigenvalue weighted by Crippen LogP contribution is -2.15. The van der Waals surface area contributed by atoms with Crippen LogP contribution in [0, 0.1) is 11.6 Å². The van der Waals surface area contributed by atoms with Crippen LogP contribution in [0.2, 0.25) is 5.02 Å². The molecule has 0 fully saturated rings. The maximum atomic E-state index is 13.7. The van der Waals surface area contributed by atoms with Crippen molar-refractivity contribution >= 4 is 11.6 Å². The average molecular weight is 282 g/mol. The van der Waals surface area contributed by atoms with Crippen molar-refractivity contribution in [1.29, 1.82) is 0 Å². The molecule has 0 saturated carbocycles. The fourth-order valence-corrected chi connectivity index (χ4v) is 2.26. The Morgan fingerprint density at radius 1 is 1.11 bits per heavy atom. The number of halogens is 3. The summed E-state index contributed by atoms with van der Waals surface area (Å²) >= 11 is 5.86. The zero-order valence-corrected chi connectivity index (χ0v) is 11.0. The highest BCUT2D eigenvalue weighted by molar-refractivity contribution is 6.30. The molecule has 100 valence electrons. The van der Waals surface area contributed by atoms with Crippen LogP contribution in [0.4, 0.5) is 8.78 Å². The van der Waals surface area contributed by atoms with Gasteiger partial charge in [0.25, 0.3) is 0 Å². The van der Waals surface area contributed by atoms with Crippen LogP contribution in [-0.4, -0.2) is 6.54 Å². The predicted octanol–water partition coefficient (Wildman–Crippen LogP) is 3.90.